The Morgan fingerprint density at radius 3 is 2.42 bits per heavy atom. The quantitative estimate of drug-likeness (QED) is 0.856. The van der Waals surface area contributed by atoms with E-state index in [4.69, 9.17) is 34.8 Å². The molecule has 0 bridgehead atoms. The first-order valence-electron chi connectivity index (χ1n) is 5.94. The van der Waals surface area contributed by atoms with Crippen molar-refractivity contribution in [1.29, 1.82) is 0 Å². The van der Waals surface area contributed by atoms with E-state index < -0.39 is 0 Å². The van der Waals surface area contributed by atoms with Crippen molar-refractivity contribution in [1.82, 2.24) is 9.78 Å². The van der Waals surface area contributed by atoms with Gasteiger partial charge in [0.1, 0.15) is 0 Å². The van der Waals surface area contributed by atoms with Crippen LogP contribution in [0.2, 0.25) is 15.1 Å². The molecule has 0 radical (unpaired) electrons. The van der Waals surface area contributed by atoms with Gasteiger partial charge in [-0.05, 0) is 26.0 Å². The molecule has 1 heterocycles. The first kappa shape index (κ1) is 14.5. The van der Waals surface area contributed by atoms with Gasteiger partial charge < -0.3 is 5.32 Å². The number of hydrogen-bond donors (Lipinski definition) is 1. The Bertz CT molecular complexity index is 557. The summed E-state index contributed by atoms with van der Waals surface area (Å²) >= 11 is 18.2. The van der Waals surface area contributed by atoms with Crippen LogP contribution in [0, 0.1) is 0 Å². The minimum atomic E-state index is 0.0523. The number of rotatable bonds is 4. The smallest absolute Gasteiger partial charge is 0.0724 e. The number of aromatic nitrogens is 2. The van der Waals surface area contributed by atoms with E-state index in [0.29, 0.717) is 20.8 Å². The fourth-order valence-electron chi connectivity index (χ4n) is 1.76. The van der Waals surface area contributed by atoms with Gasteiger partial charge in [-0.2, -0.15) is 5.10 Å². The Balaban J connectivity index is 2.21. The Morgan fingerprint density at radius 2 is 1.89 bits per heavy atom. The number of halogens is 3. The van der Waals surface area contributed by atoms with Crippen molar-refractivity contribution in [2.45, 2.75) is 26.4 Å². The van der Waals surface area contributed by atoms with Crippen molar-refractivity contribution in [2.24, 2.45) is 0 Å². The van der Waals surface area contributed by atoms with E-state index in [0.717, 1.165) is 12.1 Å². The van der Waals surface area contributed by atoms with Gasteiger partial charge in [0.2, 0.25) is 0 Å². The summed E-state index contributed by atoms with van der Waals surface area (Å²) < 4.78 is 1.87. The minimum absolute atomic E-state index is 0.0523. The van der Waals surface area contributed by atoms with Gasteiger partial charge in [-0.1, -0.05) is 34.8 Å². The summed E-state index contributed by atoms with van der Waals surface area (Å²) in [5.41, 5.74) is 1.76. The molecule has 3 nitrogen and oxygen atoms in total. The summed E-state index contributed by atoms with van der Waals surface area (Å²) in [6.07, 6.45) is 3.83. The molecular weight excluding hydrogens is 305 g/mol. The van der Waals surface area contributed by atoms with E-state index in [9.17, 15) is 0 Å². The van der Waals surface area contributed by atoms with E-state index in [2.05, 4.69) is 10.4 Å². The second-order valence-electron chi connectivity index (χ2n) is 4.24. The van der Waals surface area contributed by atoms with Crippen molar-refractivity contribution < 1.29 is 0 Å². The molecule has 0 saturated carbocycles. The predicted octanol–water partition coefficient (Wildman–Crippen LogP) is 5.04. The molecule has 1 unspecified atom stereocenters. The van der Waals surface area contributed by atoms with Crippen LogP contribution in [-0.2, 0) is 6.54 Å². The minimum Gasteiger partial charge on any atom is -0.376 e. The van der Waals surface area contributed by atoms with Gasteiger partial charge >= 0.3 is 0 Å². The molecule has 0 saturated heterocycles. The maximum absolute atomic E-state index is 6.15. The number of nitrogens with one attached hydrogen (secondary N) is 1. The zero-order valence-corrected chi connectivity index (χ0v) is 12.9. The van der Waals surface area contributed by atoms with Crippen molar-refractivity contribution >= 4 is 40.5 Å². The zero-order valence-electron chi connectivity index (χ0n) is 10.6. The van der Waals surface area contributed by atoms with Crippen molar-refractivity contribution in [2.75, 3.05) is 5.32 Å². The van der Waals surface area contributed by atoms with Crippen molar-refractivity contribution in [3.63, 3.8) is 0 Å². The molecule has 0 spiro atoms. The maximum atomic E-state index is 6.15. The monoisotopic (exact) mass is 317 g/mol. The van der Waals surface area contributed by atoms with Gasteiger partial charge in [0.25, 0.3) is 0 Å². The second-order valence-corrected chi connectivity index (χ2v) is 5.49. The number of benzene rings is 1. The van der Waals surface area contributed by atoms with Gasteiger partial charge in [-0.15, -0.1) is 0 Å². The largest absolute Gasteiger partial charge is 0.376 e. The highest BCUT2D eigenvalue weighted by atomic mass is 35.5. The Labute approximate surface area is 127 Å². The first-order valence-corrected chi connectivity index (χ1v) is 7.08. The highest BCUT2D eigenvalue weighted by Gasteiger charge is 2.13. The van der Waals surface area contributed by atoms with E-state index in [1.807, 2.05) is 30.9 Å². The normalized spacial score (nSPS) is 12.5. The number of nitrogens with zero attached hydrogens (tertiary/aromatic N) is 2. The Hall–Kier alpha value is -0.900. The lowest BCUT2D eigenvalue weighted by Crippen LogP contribution is -2.07. The molecule has 0 amide bonds. The lowest BCUT2D eigenvalue weighted by atomic mass is 10.2. The molecule has 6 heteroatoms. The van der Waals surface area contributed by atoms with Crippen LogP contribution in [0.15, 0.2) is 24.5 Å². The number of hydrogen-bond acceptors (Lipinski definition) is 2. The lowest BCUT2D eigenvalue weighted by Gasteiger charge is -2.16. The number of anilines is 1. The van der Waals surface area contributed by atoms with Crippen LogP contribution in [0.1, 0.15) is 25.5 Å². The van der Waals surface area contributed by atoms with Gasteiger partial charge in [0.05, 0.1) is 28.0 Å². The third kappa shape index (κ3) is 3.35. The Morgan fingerprint density at radius 1 is 1.26 bits per heavy atom. The van der Waals surface area contributed by atoms with E-state index in [1.165, 1.54) is 0 Å². The topological polar surface area (TPSA) is 29.9 Å². The van der Waals surface area contributed by atoms with Crippen LogP contribution < -0.4 is 5.32 Å². The molecule has 1 N–H and O–H groups in total. The van der Waals surface area contributed by atoms with Crippen LogP contribution >= 0.6 is 34.8 Å². The summed E-state index contributed by atoms with van der Waals surface area (Å²) in [6.45, 7) is 4.91. The molecular formula is C13H14Cl3N3. The van der Waals surface area contributed by atoms with Crippen LogP contribution in [0.3, 0.4) is 0 Å². The van der Waals surface area contributed by atoms with Crippen LogP contribution in [0.5, 0.6) is 0 Å². The fraction of sp³-hybridized carbons (Fsp3) is 0.308. The molecule has 1 aromatic carbocycles. The number of aryl methyl sites for hydroxylation is 1. The molecule has 2 aromatic rings. The lowest BCUT2D eigenvalue weighted by molar-refractivity contribution is 0.658. The third-order valence-electron chi connectivity index (χ3n) is 2.84. The average Bonchev–Trinajstić information content (AvgIpc) is 2.82. The summed E-state index contributed by atoms with van der Waals surface area (Å²) in [5.74, 6) is 0. The van der Waals surface area contributed by atoms with Crippen LogP contribution in [0.4, 0.5) is 5.69 Å². The summed E-state index contributed by atoms with van der Waals surface area (Å²) in [6, 6.07) is 3.38. The van der Waals surface area contributed by atoms with Crippen LogP contribution in [0.25, 0.3) is 0 Å². The van der Waals surface area contributed by atoms with Crippen molar-refractivity contribution in [3.05, 3.63) is 45.2 Å². The first-order chi connectivity index (χ1) is 9.01. The van der Waals surface area contributed by atoms with Gasteiger partial charge in [-0.25, -0.2) is 0 Å². The SMILES string of the molecule is CCn1cc(C(C)Nc2c(Cl)cc(Cl)cc2Cl)cn1. The van der Waals surface area contributed by atoms with E-state index in [1.54, 1.807) is 12.1 Å². The molecule has 0 aliphatic heterocycles. The average molecular weight is 319 g/mol. The molecule has 1 atom stereocenters. The highest BCUT2D eigenvalue weighted by Crippen LogP contribution is 2.35. The summed E-state index contributed by atoms with van der Waals surface area (Å²) in [5, 5.41) is 9.06. The molecule has 0 fully saturated rings. The molecule has 102 valence electrons. The zero-order chi connectivity index (χ0) is 14.0. The fourth-order valence-corrected chi connectivity index (χ4v) is 2.68. The molecule has 19 heavy (non-hydrogen) atoms. The Kier molecular flexibility index (Phi) is 4.61. The highest BCUT2D eigenvalue weighted by molar-refractivity contribution is 6.41. The second kappa shape index (κ2) is 6.04. The van der Waals surface area contributed by atoms with Crippen molar-refractivity contribution in [3.8, 4) is 0 Å². The van der Waals surface area contributed by atoms with Gasteiger partial charge in [0, 0.05) is 23.3 Å². The molecule has 1 aromatic heterocycles. The van der Waals surface area contributed by atoms with E-state index in [-0.39, 0.29) is 6.04 Å². The molecule has 0 aliphatic rings. The standard InChI is InChI=1S/C13H14Cl3N3/c1-3-19-7-9(6-17-19)8(2)18-13-11(15)4-10(14)5-12(13)16/h4-8,18H,3H2,1-2H3. The molecule has 0 aliphatic carbocycles. The molecule has 2 rings (SSSR count). The maximum Gasteiger partial charge on any atom is 0.0724 e. The predicted molar refractivity (Wildman–Crippen MR) is 81.4 cm³/mol. The third-order valence-corrected chi connectivity index (χ3v) is 3.66. The van der Waals surface area contributed by atoms with Gasteiger partial charge in [0.15, 0.2) is 0 Å². The summed E-state index contributed by atoms with van der Waals surface area (Å²) in [7, 11) is 0. The van der Waals surface area contributed by atoms with Crippen LogP contribution in [-0.4, -0.2) is 9.78 Å². The van der Waals surface area contributed by atoms with E-state index >= 15 is 0 Å². The van der Waals surface area contributed by atoms with Gasteiger partial charge in [-0.3, -0.25) is 4.68 Å². The summed E-state index contributed by atoms with van der Waals surface area (Å²) in [4.78, 5) is 0.